The van der Waals surface area contributed by atoms with Crippen LogP contribution in [0.1, 0.15) is 43.3 Å². The number of halogens is 2. The topological polar surface area (TPSA) is 48.5 Å². The van der Waals surface area contributed by atoms with E-state index in [9.17, 15) is 8.78 Å². The largest absolute Gasteiger partial charge is 0.272 e. The Morgan fingerprint density at radius 1 is 1.17 bits per heavy atom. The van der Waals surface area contributed by atoms with Gasteiger partial charge in [0.25, 0.3) is 6.43 Å². The molecule has 0 N–H and O–H groups in total. The van der Waals surface area contributed by atoms with Gasteiger partial charge in [0.1, 0.15) is 0 Å². The van der Waals surface area contributed by atoms with Gasteiger partial charge in [-0.25, -0.2) is 18.4 Å². The smallest absolute Gasteiger partial charge is 0.264 e. The Morgan fingerprint density at radius 2 is 1.87 bits per heavy atom. The molecule has 7 heteroatoms. The number of nitrogens with zero attached hydrogens (tertiary/aromatic N) is 5. The van der Waals surface area contributed by atoms with Crippen LogP contribution in [0.25, 0.3) is 22.3 Å². The van der Waals surface area contributed by atoms with Crippen LogP contribution in [-0.4, -0.2) is 24.5 Å². The minimum absolute atomic E-state index is 0.0300. The summed E-state index contributed by atoms with van der Waals surface area (Å²) in [6.45, 7) is 7.54. The summed E-state index contributed by atoms with van der Waals surface area (Å²) in [4.78, 5) is 4.62. The van der Waals surface area contributed by atoms with E-state index in [0.29, 0.717) is 22.4 Å². The molecule has 23 heavy (non-hydrogen) atoms. The van der Waals surface area contributed by atoms with E-state index in [1.165, 1.54) is 6.07 Å². The van der Waals surface area contributed by atoms with Gasteiger partial charge in [-0.05, 0) is 33.8 Å². The van der Waals surface area contributed by atoms with Crippen molar-refractivity contribution in [1.82, 2.24) is 24.5 Å². The third-order valence-corrected chi connectivity index (χ3v) is 4.10. The quantitative estimate of drug-likeness (QED) is 0.734. The van der Waals surface area contributed by atoms with Gasteiger partial charge in [-0.3, -0.25) is 4.68 Å². The SMILES string of the molecule is Cc1nn(C(C)C)c2nc(-c3cnn(C)c3C)cc(C(F)F)c12. The highest BCUT2D eigenvalue weighted by Gasteiger charge is 2.22. The van der Waals surface area contributed by atoms with Gasteiger partial charge >= 0.3 is 0 Å². The van der Waals surface area contributed by atoms with E-state index < -0.39 is 6.43 Å². The van der Waals surface area contributed by atoms with Crippen molar-refractivity contribution < 1.29 is 8.78 Å². The monoisotopic (exact) mass is 319 g/mol. The minimum Gasteiger partial charge on any atom is -0.272 e. The molecule has 0 fully saturated rings. The fraction of sp³-hybridized carbons (Fsp3) is 0.438. The highest BCUT2D eigenvalue weighted by atomic mass is 19.3. The zero-order valence-corrected chi connectivity index (χ0v) is 13.8. The average molecular weight is 319 g/mol. The summed E-state index contributed by atoms with van der Waals surface area (Å²) in [6.07, 6.45) is -0.929. The first-order chi connectivity index (χ1) is 10.8. The Hall–Kier alpha value is -2.31. The maximum Gasteiger partial charge on any atom is 0.264 e. The van der Waals surface area contributed by atoms with Crippen molar-refractivity contribution in [3.8, 4) is 11.3 Å². The second-order valence-corrected chi connectivity index (χ2v) is 5.99. The number of hydrogen-bond acceptors (Lipinski definition) is 3. The molecule has 5 nitrogen and oxygen atoms in total. The number of pyridine rings is 1. The average Bonchev–Trinajstić information content (AvgIpc) is 2.99. The number of aromatic nitrogens is 5. The summed E-state index contributed by atoms with van der Waals surface area (Å²) in [5.74, 6) is 0. The summed E-state index contributed by atoms with van der Waals surface area (Å²) < 4.78 is 30.6. The molecule has 0 aliphatic rings. The maximum absolute atomic E-state index is 13.6. The number of fused-ring (bicyclic) bond motifs is 1. The van der Waals surface area contributed by atoms with E-state index in [1.807, 2.05) is 27.8 Å². The van der Waals surface area contributed by atoms with E-state index in [4.69, 9.17) is 0 Å². The molecule has 0 unspecified atom stereocenters. The number of alkyl halides is 2. The Balaban J connectivity index is 2.37. The fourth-order valence-electron chi connectivity index (χ4n) is 2.77. The fourth-order valence-corrected chi connectivity index (χ4v) is 2.77. The van der Waals surface area contributed by atoms with Crippen LogP contribution in [0.4, 0.5) is 8.78 Å². The standard InChI is InChI=1S/C16H19F2N5/c1-8(2)23-16-14(9(3)21-23)11(15(17)18)6-13(20-16)12-7-19-22(5)10(12)4/h6-8,15H,1-5H3. The first-order valence-corrected chi connectivity index (χ1v) is 7.48. The second-order valence-electron chi connectivity index (χ2n) is 5.99. The first kappa shape index (κ1) is 15.6. The molecular formula is C16H19F2N5. The van der Waals surface area contributed by atoms with Crippen molar-refractivity contribution in [3.63, 3.8) is 0 Å². The zero-order valence-electron chi connectivity index (χ0n) is 13.8. The molecule has 3 aromatic heterocycles. The highest BCUT2D eigenvalue weighted by Crippen LogP contribution is 2.34. The van der Waals surface area contributed by atoms with Gasteiger partial charge < -0.3 is 0 Å². The van der Waals surface area contributed by atoms with Gasteiger partial charge in [0.2, 0.25) is 0 Å². The molecule has 0 radical (unpaired) electrons. The van der Waals surface area contributed by atoms with Crippen LogP contribution in [0.5, 0.6) is 0 Å². The van der Waals surface area contributed by atoms with Gasteiger partial charge in [-0.2, -0.15) is 10.2 Å². The number of aryl methyl sites for hydroxylation is 2. The Labute approximate surface area is 132 Å². The predicted molar refractivity (Wildman–Crippen MR) is 84.5 cm³/mol. The lowest BCUT2D eigenvalue weighted by Gasteiger charge is -2.10. The van der Waals surface area contributed by atoms with Crippen molar-refractivity contribution >= 4 is 11.0 Å². The molecule has 3 aromatic rings. The zero-order chi connectivity index (χ0) is 16.9. The van der Waals surface area contributed by atoms with Crippen LogP contribution in [0, 0.1) is 13.8 Å². The molecule has 0 amide bonds. The third kappa shape index (κ3) is 2.40. The minimum atomic E-state index is -2.58. The van der Waals surface area contributed by atoms with Crippen molar-refractivity contribution in [2.24, 2.45) is 7.05 Å². The molecule has 0 bridgehead atoms. The van der Waals surface area contributed by atoms with Gasteiger partial charge in [0.15, 0.2) is 5.65 Å². The van der Waals surface area contributed by atoms with Crippen LogP contribution < -0.4 is 0 Å². The van der Waals surface area contributed by atoms with Gasteiger partial charge in [0.05, 0.1) is 23.0 Å². The van der Waals surface area contributed by atoms with Crippen molar-refractivity contribution in [3.05, 3.63) is 29.2 Å². The van der Waals surface area contributed by atoms with E-state index in [1.54, 1.807) is 22.5 Å². The Bertz CT molecular complexity index is 876. The molecule has 0 aliphatic carbocycles. The summed E-state index contributed by atoms with van der Waals surface area (Å²) in [6, 6.07) is 1.49. The van der Waals surface area contributed by atoms with Crippen molar-refractivity contribution in [2.75, 3.05) is 0 Å². The molecule has 0 spiro atoms. The predicted octanol–water partition coefficient (Wildman–Crippen LogP) is 3.97. The van der Waals surface area contributed by atoms with Crippen LogP contribution in [0.3, 0.4) is 0 Å². The third-order valence-electron chi connectivity index (χ3n) is 4.10. The maximum atomic E-state index is 13.6. The van der Waals surface area contributed by atoms with E-state index in [0.717, 1.165) is 11.3 Å². The van der Waals surface area contributed by atoms with Gasteiger partial charge in [-0.1, -0.05) is 0 Å². The lowest BCUT2D eigenvalue weighted by Crippen LogP contribution is -2.04. The molecule has 122 valence electrons. The Morgan fingerprint density at radius 3 is 2.39 bits per heavy atom. The molecular weight excluding hydrogens is 300 g/mol. The van der Waals surface area contributed by atoms with Crippen molar-refractivity contribution in [2.45, 2.75) is 40.2 Å². The molecule has 0 saturated carbocycles. The van der Waals surface area contributed by atoms with Crippen LogP contribution in [0.15, 0.2) is 12.3 Å². The lowest BCUT2D eigenvalue weighted by atomic mass is 10.1. The Kier molecular flexibility index (Phi) is 3.66. The summed E-state index contributed by atoms with van der Waals surface area (Å²) in [7, 11) is 1.81. The molecule has 0 atom stereocenters. The molecule has 0 aliphatic heterocycles. The van der Waals surface area contributed by atoms with Gasteiger partial charge in [-0.15, -0.1) is 0 Å². The molecule has 0 saturated heterocycles. The van der Waals surface area contributed by atoms with Crippen LogP contribution in [-0.2, 0) is 7.05 Å². The number of rotatable bonds is 3. The normalized spacial score (nSPS) is 12.0. The summed E-state index contributed by atoms with van der Waals surface area (Å²) in [5, 5.41) is 9.01. The summed E-state index contributed by atoms with van der Waals surface area (Å²) in [5.41, 5.74) is 3.17. The van der Waals surface area contributed by atoms with E-state index in [2.05, 4.69) is 15.2 Å². The summed E-state index contributed by atoms with van der Waals surface area (Å²) >= 11 is 0. The number of hydrogen-bond donors (Lipinski definition) is 0. The molecule has 3 rings (SSSR count). The van der Waals surface area contributed by atoms with Gasteiger partial charge in [0, 0.05) is 29.9 Å². The van der Waals surface area contributed by atoms with Crippen LogP contribution >= 0.6 is 0 Å². The molecule has 0 aromatic carbocycles. The van der Waals surface area contributed by atoms with Crippen molar-refractivity contribution in [1.29, 1.82) is 0 Å². The first-order valence-electron chi connectivity index (χ1n) is 7.48. The molecule has 3 heterocycles. The highest BCUT2D eigenvalue weighted by molar-refractivity contribution is 5.85. The van der Waals surface area contributed by atoms with E-state index >= 15 is 0 Å². The van der Waals surface area contributed by atoms with E-state index in [-0.39, 0.29) is 11.6 Å². The van der Waals surface area contributed by atoms with Crippen LogP contribution in [0.2, 0.25) is 0 Å². The second kappa shape index (κ2) is 5.40. The lowest BCUT2D eigenvalue weighted by molar-refractivity contribution is 0.153.